The van der Waals surface area contributed by atoms with E-state index >= 15 is 0 Å². The molecule has 0 aliphatic carbocycles. The summed E-state index contributed by atoms with van der Waals surface area (Å²) < 4.78 is 9.24. The van der Waals surface area contributed by atoms with E-state index < -0.39 is 22.9 Å². The molecule has 0 spiro atoms. The number of hydrogen-bond donors (Lipinski definition) is 0. The second kappa shape index (κ2) is 8.49. The van der Waals surface area contributed by atoms with E-state index in [1.807, 2.05) is 13.8 Å². The van der Waals surface area contributed by atoms with Crippen molar-refractivity contribution in [3.63, 3.8) is 0 Å². The van der Waals surface area contributed by atoms with Gasteiger partial charge in [-0.3, -0.25) is 28.1 Å². The first kappa shape index (κ1) is 22.7. The van der Waals surface area contributed by atoms with Crippen LogP contribution in [0, 0.1) is 5.92 Å². The molecule has 0 aliphatic heterocycles. The van der Waals surface area contributed by atoms with Crippen LogP contribution >= 0.6 is 11.3 Å². The molecule has 1 amide bonds. The SMILES string of the molecule is CON(C)C(=O)c1c(Cn2c(=O)oc3ccccc32)sc2c1c(=O)n(C)c(=O)n2CC(C)C. The molecule has 0 saturated heterocycles. The third-order valence-electron chi connectivity index (χ3n) is 5.44. The molecule has 0 saturated carbocycles. The monoisotopic (exact) mass is 472 g/mol. The van der Waals surface area contributed by atoms with E-state index in [2.05, 4.69) is 0 Å². The fourth-order valence-corrected chi connectivity index (χ4v) is 5.06. The van der Waals surface area contributed by atoms with Crippen molar-refractivity contribution in [2.24, 2.45) is 13.0 Å². The van der Waals surface area contributed by atoms with Crippen molar-refractivity contribution in [2.75, 3.05) is 14.2 Å². The fourth-order valence-electron chi connectivity index (χ4n) is 3.79. The van der Waals surface area contributed by atoms with E-state index in [4.69, 9.17) is 9.25 Å². The maximum atomic E-state index is 13.3. The van der Waals surface area contributed by atoms with Gasteiger partial charge >= 0.3 is 11.4 Å². The lowest BCUT2D eigenvalue weighted by Gasteiger charge is -2.15. The molecule has 0 radical (unpaired) electrons. The highest BCUT2D eigenvalue weighted by Crippen LogP contribution is 2.31. The van der Waals surface area contributed by atoms with Crippen LogP contribution < -0.4 is 17.0 Å². The Morgan fingerprint density at radius 3 is 2.55 bits per heavy atom. The molecule has 3 aromatic heterocycles. The maximum Gasteiger partial charge on any atom is 0.420 e. The minimum Gasteiger partial charge on any atom is -0.408 e. The molecule has 174 valence electrons. The number of oxazole rings is 1. The van der Waals surface area contributed by atoms with Crippen LogP contribution in [-0.4, -0.2) is 38.8 Å². The van der Waals surface area contributed by atoms with Crippen molar-refractivity contribution in [1.29, 1.82) is 0 Å². The Balaban J connectivity index is 2.07. The van der Waals surface area contributed by atoms with Gasteiger partial charge in [-0.15, -0.1) is 11.3 Å². The molecular formula is C22H24N4O6S. The summed E-state index contributed by atoms with van der Waals surface area (Å²) in [6, 6.07) is 6.95. The van der Waals surface area contributed by atoms with Gasteiger partial charge in [0, 0.05) is 25.5 Å². The molecule has 4 aromatic rings. The molecule has 1 aromatic carbocycles. The molecule has 4 rings (SSSR count). The molecular weight excluding hydrogens is 448 g/mol. The molecule has 0 unspecified atom stereocenters. The average Bonchev–Trinajstić information content (AvgIpc) is 3.32. The number of carbonyl (C=O) groups excluding carboxylic acids is 1. The number of hydroxylamine groups is 2. The first-order valence-electron chi connectivity index (χ1n) is 10.3. The number of rotatable bonds is 6. The summed E-state index contributed by atoms with van der Waals surface area (Å²) in [5, 5.41) is 1.14. The van der Waals surface area contributed by atoms with Crippen LogP contribution in [0.5, 0.6) is 0 Å². The van der Waals surface area contributed by atoms with Crippen LogP contribution in [0.15, 0.2) is 43.1 Å². The maximum absolute atomic E-state index is 13.3. The van der Waals surface area contributed by atoms with Gasteiger partial charge in [0.05, 0.1) is 30.1 Å². The van der Waals surface area contributed by atoms with Gasteiger partial charge in [-0.2, -0.15) is 0 Å². The van der Waals surface area contributed by atoms with Crippen molar-refractivity contribution in [2.45, 2.75) is 26.9 Å². The number of nitrogens with zero attached hydrogens (tertiary/aromatic N) is 4. The molecule has 33 heavy (non-hydrogen) atoms. The minimum atomic E-state index is -0.584. The van der Waals surface area contributed by atoms with Gasteiger partial charge in [0.25, 0.3) is 11.5 Å². The Morgan fingerprint density at radius 1 is 1.18 bits per heavy atom. The fraction of sp³-hybridized carbons (Fsp3) is 0.364. The normalized spacial score (nSPS) is 11.7. The molecule has 0 bridgehead atoms. The van der Waals surface area contributed by atoms with Crippen molar-refractivity contribution in [3.05, 3.63) is 66.1 Å². The van der Waals surface area contributed by atoms with Crippen LogP contribution in [0.2, 0.25) is 0 Å². The van der Waals surface area contributed by atoms with E-state index in [9.17, 15) is 19.2 Å². The van der Waals surface area contributed by atoms with Crippen molar-refractivity contribution in [1.82, 2.24) is 18.8 Å². The number of thiophene rings is 1. The summed E-state index contributed by atoms with van der Waals surface area (Å²) in [5.41, 5.74) is 0.0486. The topological polar surface area (TPSA) is 109 Å². The number of carbonyl (C=O) groups is 1. The van der Waals surface area contributed by atoms with Gasteiger partial charge in [0.1, 0.15) is 4.83 Å². The van der Waals surface area contributed by atoms with E-state index in [0.29, 0.717) is 27.4 Å². The highest BCUT2D eigenvalue weighted by molar-refractivity contribution is 7.19. The zero-order chi connectivity index (χ0) is 24.0. The second-order valence-electron chi connectivity index (χ2n) is 8.14. The van der Waals surface area contributed by atoms with E-state index in [1.165, 1.54) is 30.3 Å². The van der Waals surface area contributed by atoms with Crippen LogP contribution in [0.25, 0.3) is 21.3 Å². The van der Waals surface area contributed by atoms with E-state index in [1.54, 1.807) is 24.3 Å². The Morgan fingerprint density at radius 2 is 1.88 bits per heavy atom. The molecule has 0 fully saturated rings. The Bertz CT molecular complexity index is 1550. The van der Waals surface area contributed by atoms with Gasteiger partial charge in [0.2, 0.25) is 0 Å². The summed E-state index contributed by atoms with van der Waals surface area (Å²) in [5.74, 6) is -1.01. The predicted molar refractivity (Wildman–Crippen MR) is 125 cm³/mol. The molecule has 3 heterocycles. The Hall–Kier alpha value is -3.44. The highest BCUT2D eigenvalue weighted by atomic mass is 32.1. The smallest absolute Gasteiger partial charge is 0.408 e. The molecule has 0 aliphatic rings. The lowest BCUT2D eigenvalue weighted by atomic mass is 10.1. The Kier molecular flexibility index (Phi) is 5.85. The zero-order valence-corrected chi connectivity index (χ0v) is 19.8. The number of hydrogen-bond acceptors (Lipinski definition) is 7. The largest absolute Gasteiger partial charge is 0.420 e. The molecule has 11 heteroatoms. The third kappa shape index (κ3) is 3.72. The number of fused-ring (bicyclic) bond motifs is 2. The van der Waals surface area contributed by atoms with Crippen LogP contribution in [0.3, 0.4) is 0 Å². The van der Waals surface area contributed by atoms with Crippen molar-refractivity contribution >= 4 is 38.6 Å². The van der Waals surface area contributed by atoms with Crippen LogP contribution in [0.1, 0.15) is 29.1 Å². The predicted octanol–water partition coefficient (Wildman–Crippen LogP) is 2.01. The van der Waals surface area contributed by atoms with Gasteiger partial charge in [-0.1, -0.05) is 26.0 Å². The van der Waals surface area contributed by atoms with Crippen LogP contribution in [0.4, 0.5) is 0 Å². The number of para-hydroxylation sites is 2. The van der Waals surface area contributed by atoms with Gasteiger partial charge in [-0.05, 0) is 18.1 Å². The van der Waals surface area contributed by atoms with Gasteiger partial charge in [-0.25, -0.2) is 14.7 Å². The van der Waals surface area contributed by atoms with Gasteiger partial charge < -0.3 is 4.42 Å². The summed E-state index contributed by atoms with van der Waals surface area (Å²) in [4.78, 5) is 57.9. The summed E-state index contributed by atoms with van der Waals surface area (Å²) in [6.45, 7) is 4.28. The first-order chi connectivity index (χ1) is 15.6. The van der Waals surface area contributed by atoms with Crippen molar-refractivity contribution in [3.8, 4) is 0 Å². The second-order valence-corrected chi connectivity index (χ2v) is 9.22. The van der Waals surface area contributed by atoms with Gasteiger partial charge in [0.15, 0.2) is 5.58 Å². The third-order valence-corrected chi connectivity index (χ3v) is 6.64. The summed E-state index contributed by atoms with van der Waals surface area (Å²) in [6.07, 6.45) is 0. The minimum absolute atomic E-state index is 0.00710. The van der Waals surface area contributed by atoms with E-state index in [-0.39, 0.29) is 23.4 Å². The lowest BCUT2D eigenvalue weighted by molar-refractivity contribution is -0.0756. The number of amides is 1. The lowest BCUT2D eigenvalue weighted by Crippen LogP contribution is -2.39. The number of aromatic nitrogens is 3. The first-order valence-corrected chi connectivity index (χ1v) is 11.1. The summed E-state index contributed by atoms with van der Waals surface area (Å²) in [7, 11) is 4.16. The van der Waals surface area contributed by atoms with Crippen LogP contribution in [-0.2, 0) is 25.0 Å². The van der Waals surface area contributed by atoms with Crippen molar-refractivity contribution < 1.29 is 14.0 Å². The molecule has 0 N–H and O–H groups in total. The average molecular weight is 473 g/mol. The number of benzene rings is 1. The molecule has 10 nitrogen and oxygen atoms in total. The van der Waals surface area contributed by atoms with E-state index in [0.717, 1.165) is 21.0 Å². The summed E-state index contributed by atoms with van der Waals surface area (Å²) >= 11 is 1.15. The standard InChI is InChI=1S/C22H24N4O6S/c1-12(2)10-26-20-17(18(27)23(3)21(26)29)16(19(28)24(4)31-5)15(33-20)11-25-13-8-6-7-9-14(13)32-22(25)30/h6-9,12H,10-11H2,1-5H3. The highest BCUT2D eigenvalue weighted by Gasteiger charge is 2.28. The molecule has 0 atom stereocenters. The quantitative estimate of drug-likeness (QED) is 0.397. The Labute approximate surface area is 191 Å². The zero-order valence-electron chi connectivity index (χ0n) is 18.9.